The van der Waals surface area contributed by atoms with Crippen molar-refractivity contribution in [2.24, 2.45) is 5.92 Å². The van der Waals surface area contributed by atoms with Crippen molar-refractivity contribution in [2.45, 2.75) is 19.8 Å². The summed E-state index contributed by atoms with van der Waals surface area (Å²) in [6.07, 6.45) is 2.35. The number of nitro groups is 1. The largest absolute Gasteiger partial charge is 0.365 e. The minimum absolute atomic E-state index is 0.106. The van der Waals surface area contributed by atoms with E-state index in [1.54, 1.807) is 12.1 Å². The Hall–Kier alpha value is -1.69. The van der Waals surface area contributed by atoms with Gasteiger partial charge in [-0.05, 0) is 54.4 Å². The molecule has 1 aliphatic rings. The Morgan fingerprint density at radius 1 is 1.47 bits per heavy atom. The van der Waals surface area contributed by atoms with E-state index in [0.29, 0.717) is 11.7 Å². The van der Waals surface area contributed by atoms with E-state index in [2.05, 4.69) is 22.1 Å². The number of likely N-dealkylation sites (tertiary alicyclic amines) is 1. The van der Waals surface area contributed by atoms with Crippen LogP contribution in [-0.2, 0) is 0 Å². The maximum absolute atomic E-state index is 10.6. The van der Waals surface area contributed by atoms with E-state index < -0.39 is 4.92 Å². The van der Waals surface area contributed by atoms with Gasteiger partial charge < -0.3 is 20.3 Å². The lowest BCUT2D eigenvalue weighted by atomic mass is 9.97. The molecule has 2 rings (SSSR count). The van der Waals surface area contributed by atoms with Crippen LogP contribution in [0.25, 0.3) is 0 Å². The summed E-state index contributed by atoms with van der Waals surface area (Å²) < 4.78 is 0. The molecule has 0 atom stereocenters. The van der Waals surface area contributed by atoms with Gasteiger partial charge in [-0.25, -0.2) is 0 Å². The average molecular weight is 264 g/mol. The van der Waals surface area contributed by atoms with Crippen LogP contribution in [0.4, 0.5) is 11.6 Å². The van der Waals surface area contributed by atoms with E-state index in [4.69, 9.17) is 0 Å². The fourth-order valence-electron chi connectivity index (χ4n) is 2.38. The first-order valence-electron chi connectivity index (χ1n) is 6.76. The maximum Gasteiger partial charge on any atom is 0.365 e. The molecule has 1 fully saturated rings. The van der Waals surface area contributed by atoms with Crippen LogP contribution in [0.5, 0.6) is 0 Å². The Labute approximate surface area is 113 Å². The van der Waals surface area contributed by atoms with Crippen molar-refractivity contribution in [1.82, 2.24) is 9.88 Å². The number of hydrogen-bond acceptors (Lipinski definition) is 5. The first kappa shape index (κ1) is 13.7. The standard InChI is InChI=1S/C13H20N4O2/c1-2-16-8-6-11(7-9-16)10-14-12-4-3-5-13(15-12)17(18)19/h3-5,11H,2,6-10H2,1H3,(H,14,15). The minimum Gasteiger partial charge on any atom is -0.358 e. The molecule has 0 saturated carbocycles. The van der Waals surface area contributed by atoms with Gasteiger partial charge in [0.1, 0.15) is 0 Å². The van der Waals surface area contributed by atoms with Gasteiger partial charge in [0.25, 0.3) is 0 Å². The van der Waals surface area contributed by atoms with Crippen LogP contribution in [0.15, 0.2) is 18.2 Å². The average Bonchev–Trinajstić information content (AvgIpc) is 2.46. The summed E-state index contributed by atoms with van der Waals surface area (Å²) in [6.45, 7) is 6.43. The van der Waals surface area contributed by atoms with Crippen molar-refractivity contribution >= 4 is 11.6 Å². The number of rotatable bonds is 5. The highest BCUT2D eigenvalue weighted by Gasteiger charge is 2.18. The molecule has 1 N–H and O–H groups in total. The third-order valence-corrected chi connectivity index (χ3v) is 3.65. The molecule has 2 heterocycles. The van der Waals surface area contributed by atoms with Gasteiger partial charge in [-0.2, -0.15) is 0 Å². The first-order valence-corrected chi connectivity index (χ1v) is 6.76. The molecule has 0 aliphatic carbocycles. The second kappa shape index (κ2) is 6.47. The Morgan fingerprint density at radius 2 is 2.21 bits per heavy atom. The highest BCUT2D eigenvalue weighted by molar-refractivity contribution is 5.39. The summed E-state index contributed by atoms with van der Waals surface area (Å²) in [7, 11) is 0. The van der Waals surface area contributed by atoms with Gasteiger partial charge in [0.05, 0.1) is 0 Å². The lowest BCUT2D eigenvalue weighted by Crippen LogP contribution is -2.35. The molecule has 1 saturated heterocycles. The van der Waals surface area contributed by atoms with Gasteiger partial charge in [-0.1, -0.05) is 6.92 Å². The van der Waals surface area contributed by atoms with Crippen molar-refractivity contribution in [3.8, 4) is 0 Å². The number of nitrogens with one attached hydrogen (secondary N) is 1. The summed E-state index contributed by atoms with van der Waals surface area (Å²) in [4.78, 5) is 16.6. The summed E-state index contributed by atoms with van der Waals surface area (Å²) in [6, 6.07) is 4.84. The second-order valence-corrected chi connectivity index (χ2v) is 4.90. The number of nitrogens with zero attached hydrogens (tertiary/aromatic N) is 3. The second-order valence-electron chi connectivity index (χ2n) is 4.90. The first-order chi connectivity index (χ1) is 9.19. The SMILES string of the molecule is CCN1CCC(CNc2cccc([N+](=O)[O-])n2)CC1. The Morgan fingerprint density at radius 3 is 2.84 bits per heavy atom. The fraction of sp³-hybridized carbons (Fsp3) is 0.615. The molecule has 0 radical (unpaired) electrons. The Balaban J connectivity index is 1.82. The van der Waals surface area contributed by atoms with Gasteiger partial charge >= 0.3 is 5.82 Å². The van der Waals surface area contributed by atoms with Gasteiger partial charge in [0, 0.05) is 18.7 Å². The highest BCUT2D eigenvalue weighted by Crippen LogP contribution is 2.18. The third kappa shape index (κ3) is 3.89. The lowest BCUT2D eigenvalue weighted by Gasteiger charge is -2.30. The van der Waals surface area contributed by atoms with Crippen molar-refractivity contribution in [3.63, 3.8) is 0 Å². The molecule has 0 spiro atoms. The number of piperidine rings is 1. The zero-order chi connectivity index (χ0) is 13.7. The minimum atomic E-state index is -0.467. The van der Waals surface area contributed by atoms with Crippen molar-refractivity contribution in [2.75, 3.05) is 31.5 Å². The molecule has 0 aromatic carbocycles. The van der Waals surface area contributed by atoms with Gasteiger partial charge in [0.15, 0.2) is 0 Å². The molecule has 0 bridgehead atoms. The molecular formula is C13H20N4O2. The maximum atomic E-state index is 10.6. The Kier molecular flexibility index (Phi) is 4.68. The summed E-state index contributed by atoms with van der Waals surface area (Å²) in [5.41, 5.74) is 0. The third-order valence-electron chi connectivity index (χ3n) is 3.65. The zero-order valence-corrected chi connectivity index (χ0v) is 11.2. The van der Waals surface area contributed by atoms with Crippen LogP contribution < -0.4 is 5.32 Å². The fourth-order valence-corrected chi connectivity index (χ4v) is 2.38. The van der Waals surface area contributed by atoms with Crippen LogP contribution in [0.1, 0.15) is 19.8 Å². The van der Waals surface area contributed by atoms with E-state index in [0.717, 1.165) is 26.2 Å². The number of anilines is 1. The number of hydrogen-bond donors (Lipinski definition) is 1. The summed E-state index contributed by atoms with van der Waals surface area (Å²) >= 11 is 0. The van der Waals surface area contributed by atoms with E-state index >= 15 is 0 Å². The molecule has 6 nitrogen and oxygen atoms in total. The molecule has 1 aromatic heterocycles. The lowest BCUT2D eigenvalue weighted by molar-refractivity contribution is -0.389. The number of aromatic nitrogens is 1. The molecule has 19 heavy (non-hydrogen) atoms. The van der Waals surface area contributed by atoms with E-state index in [1.807, 2.05) is 0 Å². The van der Waals surface area contributed by atoms with E-state index in [1.165, 1.54) is 18.9 Å². The molecule has 104 valence electrons. The van der Waals surface area contributed by atoms with Crippen molar-refractivity contribution < 1.29 is 4.92 Å². The van der Waals surface area contributed by atoms with Crippen LogP contribution in [-0.4, -0.2) is 41.0 Å². The predicted octanol–water partition coefficient (Wildman–Crippen LogP) is 2.13. The van der Waals surface area contributed by atoms with Crippen LogP contribution in [0.2, 0.25) is 0 Å². The van der Waals surface area contributed by atoms with Gasteiger partial charge in [-0.3, -0.25) is 0 Å². The smallest absolute Gasteiger partial charge is 0.358 e. The predicted molar refractivity (Wildman–Crippen MR) is 74.2 cm³/mol. The van der Waals surface area contributed by atoms with E-state index in [9.17, 15) is 10.1 Å². The van der Waals surface area contributed by atoms with Crippen LogP contribution >= 0.6 is 0 Å². The highest BCUT2D eigenvalue weighted by atomic mass is 16.6. The molecule has 0 unspecified atom stereocenters. The monoisotopic (exact) mass is 264 g/mol. The molecule has 0 amide bonds. The molecular weight excluding hydrogens is 244 g/mol. The topological polar surface area (TPSA) is 71.3 Å². The summed E-state index contributed by atoms with van der Waals surface area (Å²) in [5.74, 6) is 1.11. The van der Waals surface area contributed by atoms with Crippen molar-refractivity contribution in [3.05, 3.63) is 28.3 Å². The van der Waals surface area contributed by atoms with Gasteiger partial charge in [0.2, 0.25) is 5.82 Å². The molecule has 1 aromatic rings. The van der Waals surface area contributed by atoms with Gasteiger partial charge in [-0.15, -0.1) is 0 Å². The zero-order valence-electron chi connectivity index (χ0n) is 11.2. The van der Waals surface area contributed by atoms with E-state index in [-0.39, 0.29) is 5.82 Å². The summed E-state index contributed by atoms with van der Waals surface area (Å²) in [5, 5.41) is 13.8. The number of pyridine rings is 1. The van der Waals surface area contributed by atoms with Crippen molar-refractivity contribution in [1.29, 1.82) is 0 Å². The molecule has 1 aliphatic heterocycles. The quantitative estimate of drug-likeness (QED) is 0.651. The van der Waals surface area contributed by atoms with Crippen LogP contribution in [0, 0.1) is 16.0 Å². The molecule has 6 heteroatoms. The normalized spacial score (nSPS) is 17.3. The Bertz CT molecular complexity index is 430. The van der Waals surface area contributed by atoms with Crippen LogP contribution in [0.3, 0.4) is 0 Å².